The first kappa shape index (κ1) is 13.8. The smallest absolute Gasteiger partial charge is 0.193 e. The Kier molecular flexibility index (Phi) is 3.76. The van der Waals surface area contributed by atoms with Gasteiger partial charge in [0.2, 0.25) is 0 Å². The minimum atomic E-state index is 0.566. The molecule has 3 aromatic rings. The number of aryl methyl sites for hydroxylation is 1. The third kappa shape index (κ3) is 2.70. The van der Waals surface area contributed by atoms with E-state index < -0.39 is 0 Å². The van der Waals surface area contributed by atoms with Crippen molar-refractivity contribution in [1.29, 1.82) is 0 Å². The number of nitrogens with one attached hydrogen (secondary N) is 1. The second-order valence-electron chi connectivity index (χ2n) is 4.38. The monoisotopic (exact) mass is 315 g/mol. The zero-order valence-corrected chi connectivity index (χ0v) is 13.2. The summed E-state index contributed by atoms with van der Waals surface area (Å²) in [4.78, 5) is 9.79. The molecule has 3 aromatic heterocycles. The maximum Gasteiger partial charge on any atom is 0.193 e. The van der Waals surface area contributed by atoms with Gasteiger partial charge in [0, 0.05) is 31.2 Å². The lowest BCUT2D eigenvalue weighted by molar-refractivity contribution is 0.907. The fourth-order valence-electron chi connectivity index (χ4n) is 1.92. The van der Waals surface area contributed by atoms with Crippen molar-refractivity contribution >= 4 is 28.7 Å². The van der Waals surface area contributed by atoms with E-state index in [1.54, 1.807) is 29.3 Å². The van der Waals surface area contributed by atoms with E-state index >= 15 is 0 Å². The first-order chi connectivity index (χ1) is 10.2. The van der Waals surface area contributed by atoms with Gasteiger partial charge in [0.1, 0.15) is 10.7 Å². The SMILES string of the molecule is CNC(=S)n1ccc(-c2sc(-c3cccnc3)nc2C)n1. The van der Waals surface area contributed by atoms with Gasteiger partial charge in [-0.1, -0.05) is 0 Å². The molecule has 0 aliphatic heterocycles. The molecule has 0 fully saturated rings. The van der Waals surface area contributed by atoms with Crippen LogP contribution in [0.5, 0.6) is 0 Å². The molecule has 3 rings (SSSR count). The van der Waals surface area contributed by atoms with Crippen LogP contribution in [0, 0.1) is 6.92 Å². The molecule has 0 amide bonds. The number of thiazole rings is 1. The van der Waals surface area contributed by atoms with Crippen molar-refractivity contribution in [2.45, 2.75) is 6.92 Å². The molecule has 3 heterocycles. The van der Waals surface area contributed by atoms with Gasteiger partial charge in [-0.3, -0.25) is 4.98 Å². The summed E-state index contributed by atoms with van der Waals surface area (Å²) >= 11 is 6.78. The molecule has 0 aliphatic rings. The molecule has 0 spiro atoms. The molecule has 0 saturated carbocycles. The lowest BCUT2D eigenvalue weighted by Gasteiger charge is -2.00. The molecule has 0 saturated heterocycles. The largest absolute Gasteiger partial charge is 0.364 e. The summed E-state index contributed by atoms with van der Waals surface area (Å²) in [7, 11) is 1.78. The normalized spacial score (nSPS) is 10.6. The lowest BCUT2D eigenvalue weighted by atomic mass is 10.3. The van der Waals surface area contributed by atoms with Crippen LogP contribution in [0.1, 0.15) is 5.69 Å². The topological polar surface area (TPSA) is 55.6 Å². The summed E-state index contributed by atoms with van der Waals surface area (Å²) in [5, 5.41) is 8.90. The molecule has 1 N–H and O–H groups in total. The number of hydrogen-bond donors (Lipinski definition) is 1. The van der Waals surface area contributed by atoms with Gasteiger partial charge in [0.25, 0.3) is 0 Å². The van der Waals surface area contributed by atoms with Crippen molar-refractivity contribution in [3.63, 3.8) is 0 Å². The Morgan fingerprint density at radius 3 is 2.95 bits per heavy atom. The van der Waals surface area contributed by atoms with Crippen molar-refractivity contribution < 1.29 is 0 Å². The van der Waals surface area contributed by atoms with E-state index in [4.69, 9.17) is 12.2 Å². The van der Waals surface area contributed by atoms with Crippen LogP contribution in [0.15, 0.2) is 36.8 Å². The van der Waals surface area contributed by atoms with Crippen molar-refractivity contribution in [2.24, 2.45) is 0 Å². The molecule has 0 radical (unpaired) electrons. The summed E-state index contributed by atoms with van der Waals surface area (Å²) in [5.41, 5.74) is 2.85. The van der Waals surface area contributed by atoms with E-state index in [0.717, 1.165) is 26.8 Å². The summed E-state index contributed by atoms with van der Waals surface area (Å²) in [6.45, 7) is 1.99. The van der Waals surface area contributed by atoms with Gasteiger partial charge in [-0.2, -0.15) is 5.10 Å². The summed E-state index contributed by atoms with van der Waals surface area (Å²) < 4.78 is 1.65. The number of hydrogen-bond acceptors (Lipinski definition) is 5. The van der Waals surface area contributed by atoms with E-state index in [1.165, 1.54) is 0 Å². The standard InChI is InChI=1S/C14H13N5S2/c1-9-12(11-5-7-19(18-11)14(20)15-2)21-13(17-9)10-4-3-6-16-8-10/h3-8H,1-2H3,(H,15,20). The molecule has 21 heavy (non-hydrogen) atoms. The Hall–Kier alpha value is -2.12. The third-order valence-corrected chi connectivity index (χ3v) is 4.57. The molecule has 106 valence electrons. The highest BCUT2D eigenvalue weighted by molar-refractivity contribution is 7.80. The molecular weight excluding hydrogens is 302 g/mol. The Balaban J connectivity index is 1.98. The van der Waals surface area contributed by atoms with Crippen LogP contribution in [-0.4, -0.2) is 31.9 Å². The summed E-state index contributed by atoms with van der Waals surface area (Å²) in [6, 6.07) is 5.85. The van der Waals surface area contributed by atoms with E-state index in [-0.39, 0.29) is 0 Å². The first-order valence-corrected chi connectivity index (χ1v) is 7.57. The highest BCUT2D eigenvalue weighted by Gasteiger charge is 2.14. The number of pyridine rings is 1. The first-order valence-electron chi connectivity index (χ1n) is 6.35. The fraction of sp³-hybridized carbons (Fsp3) is 0.143. The van der Waals surface area contributed by atoms with Crippen LogP contribution in [0.2, 0.25) is 0 Å². The van der Waals surface area contributed by atoms with Crippen LogP contribution in [0.25, 0.3) is 21.1 Å². The molecule has 5 nitrogen and oxygen atoms in total. The van der Waals surface area contributed by atoms with Crippen LogP contribution in [0.4, 0.5) is 0 Å². The predicted molar refractivity (Wildman–Crippen MR) is 88.4 cm³/mol. The fourth-order valence-corrected chi connectivity index (χ4v) is 3.04. The van der Waals surface area contributed by atoms with Gasteiger partial charge in [0.15, 0.2) is 5.11 Å². The Labute approximate surface area is 131 Å². The zero-order chi connectivity index (χ0) is 14.8. The van der Waals surface area contributed by atoms with Gasteiger partial charge in [-0.15, -0.1) is 11.3 Å². The average molecular weight is 315 g/mol. The second-order valence-corrected chi connectivity index (χ2v) is 5.76. The van der Waals surface area contributed by atoms with Gasteiger partial charge < -0.3 is 5.32 Å². The van der Waals surface area contributed by atoms with Gasteiger partial charge >= 0.3 is 0 Å². The highest BCUT2D eigenvalue weighted by Crippen LogP contribution is 2.33. The van der Waals surface area contributed by atoms with Crippen LogP contribution >= 0.6 is 23.6 Å². The van der Waals surface area contributed by atoms with Gasteiger partial charge in [0.05, 0.1) is 10.6 Å². The minimum absolute atomic E-state index is 0.566. The third-order valence-electron chi connectivity index (χ3n) is 2.95. The van der Waals surface area contributed by atoms with E-state index in [9.17, 15) is 0 Å². The molecule has 7 heteroatoms. The van der Waals surface area contributed by atoms with E-state index in [1.807, 2.05) is 37.5 Å². The predicted octanol–water partition coefficient (Wildman–Crippen LogP) is 2.73. The average Bonchev–Trinajstić information content (AvgIpc) is 3.14. The van der Waals surface area contributed by atoms with Crippen LogP contribution in [0.3, 0.4) is 0 Å². The molecular formula is C14H13N5S2. The highest BCUT2D eigenvalue weighted by atomic mass is 32.1. The molecule has 0 atom stereocenters. The lowest BCUT2D eigenvalue weighted by Crippen LogP contribution is -2.24. The maximum atomic E-state index is 5.17. The molecule has 0 unspecified atom stereocenters. The minimum Gasteiger partial charge on any atom is -0.364 e. The van der Waals surface area contributed by atoms with Crippen molar-refractivity contribution in [2.75, 3.05) is 7.05 Å². The zero-order valence-electron chi connectivity index (χ0n) is 11.6. The second kappa shape index (κ2) is 5.71. The van der Waals surface area contributed by atoms with Crippen molar-refractivity contribution in [3.05, 3.63) is 42.5 Å². The summed E-state index contributed by atoms with van der Waals surface area (Å²) in [6.07, 6.45) is 5.42. The van der Waals surface area contributed by atoms with Crippen LogP contribution < -0.4 is 5.32 Å². The quantitative estimate of drug-likeness (QED) is 0.737. The number of aromatic nitrogens is 4. The van der Waals surface area contributed by atoms with Gasteiger partial charge in [-0.05, 0) is 37.3 Å². The van der Waals surface area contributed by atoms with E-state index in [2.05, 4.69) is 20.4 Å². The van der Waals surface area contributed by atoms with Crippen molar-refractivity contribution in [1.82, 2.24) is 25.1 Å². The number of nitrogens with zero attached hydrogens (tertiary/aromatic N) is 4. The number of rotatable bonds is 2. The molecule has 0 bridgehead atoms. The van der Waals surface area contributed by atoms with E-state index in [0.29, 0.717) is 5.11 Å². The van der Waals surface area contributed by atoms with Crippen LogP contribution in [-0.2, 0) is 0 Å². The van der Waals surface area contributed by atoms with Crippen molar-refractivity contribution in [3.8, 4) is 21.1 Å². The Bertz CT molecular complexity index is 776. The Morgan fingerprint density at radius 2 is 2.24 bits per heavy atom. The summed E-state index contributed by atoms with van der Waals surface area (Å²) in [5.74, 6) is 0. The van der Waals surface area contributed by atoms with Gasteiger partial charge in [-0.25, -0.2) is 9.67 Å². The maximum absolute atomic E-state index is 5.17. The number of thiocarbonyl (C=S) groups is 1. The molecule has 0 aliphatic carbocycles. The Morgan fingerprint density at radius 1 is 1.38 bits per heavy atom. The molecule has 0 aromatic carbocycles.